The van der Waals surface area contributed by atoms with Crippen molar-refractivity contribution in [2.45, 2.75) is 37.1 Å². The zero-order valence-electron chi connectivity index (χ0n) is 12.8. The van der Waals surface area contributed by atoms with Crippen molar-refractivity contribution in [1.82, 2.24) is 14.8 Å². The van der Waals surface area contributed by atoms with E-state index in [9.17, 15) is 8.42 Å². The van der Waals surface area contributed by atoms with E-state index in [1.54, 1.807) is 11.8 Å². The van der Waals surface area contributed by atoms with Gasteiger partial charge in [0.05, 0.1) is 11.5 Å². The van der Waals surface area contributed by atoms with E-state index in [1.165, 1.54) is 0 Å². The van der Waals surface area contributed by atoms with Gasteiger partial charge in [0, 0.05) is 25.0 Å². The molecule has 21 heavy (non-hydrogen) atoms. The van der Waals surface area contributed by atoms with Crippen LogP contribution in [-0.4, -0.2) is 51.4 Å². The average molecular weight is 350 g/mol. The van der Waals surface area contributed by atoms with Crippen LogP contribution in [0.25, 0.3) is 0 Å². The highest BCUT2D eigenvalue weighted by molar-refractivity contribution is 8.03. The zero-order chi connectivity index (χ0) is 15.5. The van der Waals surface area contributed by atoms with Gasteiger partial charge in [0.2, 0.25) is 0 Å². The van der Waals surface area contributed by atoms with Gasteiger partial charge in [0.15, 0.2) is 15.0 Å². The lowest BCUT2D eigenvalue weighted by Crippen LogP contribution is -2.11. The molecule has 1 atom stereocenters. The molecule has 2 rings (SSSR count). The summed E-state index contributed by atoms with van der Waals surface area (Å²) in [6.07, 6.45) is 1.47. The fourth-order valence-electron chi connectivity index (χ4n) is 2.36. The van der Waals surface area contributed by atoms with Crippen molar-refractivity contribution in [3.63, 3.8) is 0 Å². The molecule has 120 valence electrons. The molecule has 8 heteroatoms. The molecule has 2 heterocycles. The van der Waals surface area contributed by atoms with Crippen molar-refractivity contribution in [1.29, 1.82) is 0 Å². The summed E-state index contributed by atoms with van der Waals surface area (Å²) in [6, 6.07) is 0. The lowest BCUT2D eigenvalue weighted by molar-refractivity contribution is 0.552. The molecular formula is C13H23N3O2S3. The Morgan fingerprint density at radius 2 is 2.10 bits per heavy atom. The zero-order valence-corrected chi connectivity index (χ0v) is 15.2. The summed E-state index contributed by atoms with van der Waals surface area (Å²) in [4.78, 5) is 0. The van der Waals surface area contributed by atoms with Crippen LogP contribution in [0.4, 0.5) is 0 Å². The fraction of sp³-hybridized carbons (Fsp3) is 0.846. The molecule has 0 saturated carbocycles. The molecule has 1 saturated heterocycles. The predicted molar refractivity (Wildman–Crippen MR) is 89.8 cm³/mol. The maximum Gasteiger partial charge on any atom is 0.190 e. The molecular weight excluding hydrogens is 326 g/mol. The number of thioether (sulfide) groups is 2. The van der Waals surface area contributed by atoms with Gasteiger partial charge in [-0.15, -0.1) is 10.2 Å². The number of rotatable bonds is 7. The van der Waals surface area contributed by atoms with Crippen LogP contribution in [0.2, 0.25) is 0 Å². The summed E-state index contributed by atoms with van der Waals surface area (Å²) in [5.41, 5.74) is 0. The standard InChI is InChI=1S/C13H23N3O2S3/c1-10(2)19-5-6-20-13-15-14-12(16(13)3)8-11-4-7-21(17,18)9-11/h10-11H,4-9H2,1-3H3/t11-/m1/s1. The van der Waals surface area contributed by atoms with Crippen LogP contribution >= 0.6 is 23.5 Å². The number of hydrogen-bond acceptors (Lipinski definition) is 6. The van der Waals surface area contributed by atoms with E-state index in [0.717, 1.165) is 28.9 Å². The minimum absolute atomic E-state index is 0.201. The van der Waals surface area contributed by atoms with E-state index in [4.69, 9.17) is 0 Å². The first-order valence-corrected chi connectivity index (χ1v) is 11.1. The van der Waals surface area contributed by atoms with Crippen LogP contribution in [0.5, 0.6) is 0 Å². The number of sulfone groups is 1. The Morgan fingerprint density at radius 1 is 1.33 bits per heavy atom. The molecule has 1 fully saturated rings. The van der Waals surface area contributed by atoms with Crippen LogP contribution in [0.3, 0.4) is 0 Å². The minimum Gasteiger partial charge on any atom is -0.309 e. The Bertz CT molecular complexity index is 569. The monoisotopic (exact) mass is 349 g/mol. The first kappa shape index (κ1) is 17.1. The minimum atomic E-state index is -2.81. The fourth-order valence-corrected chi connectivity index (χ4v) is 5.99. The molecule has 0 unspecified atom stereocenters. The van der Waals surface area contributed by atoms with Gasteiger partial charge in [0.1, 0.15) is 5.82 Å². The summed E-state index contributed by atoms with van der Waals surface area (Å²) < 4.78 is 25.0. The van der Waals surface area contributed by atoms with Crippen molar-refractivity contribution in [2.24, 2.45) is 13.0 Å². The van der Waals surface area contributed by atoms with Crippen molar-refractivity contribution >= 4 is 33.4 Å². The molecule has 1 aliphatic heterocycles. The highest BCUT2D eigenvalue weighted by Gasteiger charge is 2.29. The maximum atomic E-state index is 11.5. The van der Waals surface area contributed by atoms with Crippen molar-refractivity contribution in [3.8, 4) is 0 Å². The van der Waals surface area contributed by atoms with Crippen LogP contribution in [0, 0.1) is 5.92 Å². The topological polar surface area (TPSA) is 64.8 Å². The van der Waals surface area contributed by atoms with E-state index < -0.39 is 9.84 Å². The molecule has 0 bridgehead atoms. The number of aromatic nitrogens is 3. The third kappa shape index (κ3) is 5.17. The van der Waals surface area contributed by atoms with E-state index in [-0.39, 0.29) is 5.92 Å². The van der Waals surface area contributed by atoms with E-state index in [1.807, 2.05) is 23.4 Å². The van der Waals surface area contributed by atoms with Gasteiger partial charge >= 0.3 is 0 Å². The van der Waals surface area contributed by atoms with Gasteiger partial charge in [0.25, 0.3) is 0 Å². The molecule has 1 aromatic rings. The van der Waals surface area contributed by atoms with Crippen LogP contribution in [-0.2, 0) is 23.3 Å². The molecule has 0 spiro atoms. The predicted octanol–water partition coefficient (Wildman–Crippen LogP) is 2.03. The second kappa shape index (κ2) is 7.37. The van der Waals surface area contributed by atoms with Gasteiger partial charge in [-0.3, -0.25) is 0 Å². The van der Waals surface area contributed by atoms with E-state index >= 15 is 0 Å². The molecule has 0 aliphatic carbocycles. The summed E-state index contributed by atoms with van der Waals surface area (Å²) in [6.45, 7) is 4.40. The van der Waals surface area contributed by atoms with Gasteiger partial charge in [-0.2, -0.15) is 11.8 Å². The van der Waals surface area contributed by atoms with Crippen molar-refractivity contribution in [3.05, 3.63) is 5.82 Å². The Hall–Kier alpha value is -0.210. The summed E-state index contributed by atoms with van der Waals surface area (Å²) >= 11 is 3.66. The lowest BCUT2D eigenvalue weighted by atomic mass is 10.1. The van der Waals surface area contributed by atoms with Crippen LogP contribution in [0.1, 0.15) is 26.1 Å². The maximum absolute atomic E-state index is 11.5. The average Bonchev–Trinajstić information content (AvgIpc) is 2.90. The Labute approximate surface area is 135 Å². The first-order chi connectivity index (χ1) is 9.87. The summed E-state index contributed by atoms with van der Waals surface area (Å²) in [5, 5.41) is 10.0. The third-order valence-corrected chi connectivity index (χ3v) is 7.71. The van der Waals surface area contributed by atoms with Gasteiger partial charge in [-0.05, 0) is 17.6 Å². The first-order valence-electron chi connectivity index (χ1n) is 7.20. The molecule has 1 aromatic heterocycles. The highest BCUT2D eigenvalue weighted by atomic mass is 32.2. The molecule has 0 N–H and O–H groups in total. The van der Waals surface area contributed by atoms with E-state index in [0.29, 0.717) is 23.2 Å². The quantitative estimate of drug-likeness (QED) is 0.554. The van der Waals surface area contributed by atoms with E-state index in [2.05, 4.69) is 24.0 Å². The van der Waals surface area contributed by atoms with Crippen molar-refractivity contribution < 1.29 is 8.42 Å². The van der Waals surface area contributed by atoms with Gasteiger partial charge in [-0.25, -0.2) is 8.42 Å². The Morgan fingerprint density at radius 3 is 2.71 bits per heavy atom. The summed E-state index contributed by atoms with van der Waals surface area (Å²) in [5.74, 6) is 3.85. The lowest BCUT2D eigenvalue weighted by Gasteiger charge is -2.08. The molecule has 0 radical (unpaired) electrons. The normalized spacial score (nSPS) is 21.2. The molecule has 0 aromatic carbocycles. The summed E-state index contributed by atoms with van der Waals surface area (Å²) in [7, 11) is -0.844. The number of hydrogen-bond donors (Lipinski definition) is 0. The van der Waals surface area contributed by atoms with Crippen LogP contribution in [0.15, 0.2) is 5.16 Å². The van der Waals surface area contributed by atoms with Gasteiger partial charge in [-0.1, -0.05) is 25.6 Å². The largest absolute Gasteiger partial charge is 0.309 e. The molecule has 0 amide bonds. The van der Waals surface area contributed by atoms with Crippen molar-refractivity contribution in [2.75, 3.05) is 23.0 Å². The van der Waals surface area contributed by atoms with Gasteiger partial charge < -0.3 is 4.57 Å². The highest BCUT2D eigenvalue weighted by Crippen LogP contribution is 2.24. The number of nitrogens with zero attached hydrogens (tertiary/aromatic N) is 3. The second-order valence-electron chi connectivity index (χ2n) is 5.70. The third-order valence-electron chi connectivity index (χ3n) is 3.49. The smallest absolute Gasteiger partial charge is 0.190 e. The SMILES string of the molecule is CC(C)SCCSc1nnc(C[C@H]2CCS(=O)(=O)C2)n1C. The second-order valence-corrected chi connectivity index (χ2v) is 10.7. The van der Waals surface area contributed by atoms with Crippen LogP contribution < -0.4 is 0 Å². The molecule has 1 aliphatic rings. The Balaban J connectivity index is 1.85. The molecule has 5 nitrogen and oxygen atoms in total. The Kier molecular flexibility index (Phi) is 6.02.